The maximum absolute atomic E-state index is 9.43. The third kappa shape index (κ3) is 1.78. The molecule has 0 amide bonds. The molecule has 0 bridgehead atoms. The van der Waals surface area contributed by atoms with Gasteiger partial charge in [0.05, 0.1) is 0 Å². The number of nitrogens with zero attached hydrogens (tertiary/aromatic N) is 3. The zero-order chi connectivity index (χ0) is 12.9. The highest BCUT2D eigenvalue weighted by atomic mass is 16.3. The van der Waals surface area contributed by atoms with E-state index in [1.54, 1.807) is 0 Å². The Balaban J connectivity index is 1.96. The van der Waals surface area contributed by atoms with Gasteiger partial charge in [0.2, 0.25) is 0 Å². The summed E-state index contributed by atoms with van der Waals surface area (Å²) in [4.78, 5) is 0. The molecule has 2 fully saturated rings. The Morgan fingerprint density at radius 1 is 1.17 bits per heavy atom. The van der Waals surface area contributed by atoms with Crippen molar-refractivity contribution in [2.75, 3.05) is 0 Å². The van der Waals surface area contributed by atoms with Crippen molar-refractivity contribution in [1.82, 2.24) is 14.8 Å². The molecule has 2 unspecified atom stereocenters. The van der Waals surface area contributed by atoms with Gasteiger partial charge in [0, 0.05) is 11.5 Å². The first-order valence-corrected chi connectivity index (χ1v) is 7.09. The van der Waals surface area contributed by atoms with Crippen LogP contribution in [0.25, 0.3) is 0 Å². The first kappa shape index (κ1) is 12.2. The van der Waals surface area contributed by atoms with Gasteiger partial charge in [0.25, 0.3) is 0 Å². The van der Waals surface area contributed by atoms with Crippen LogP contribution in [0.15, 0.2) is 0 Å². The third-order valence-corrected chi connectivity index (χ3v) is 4.52. The van der Waals surface area contributed by atoms with Crippen LogP contribution in [0.4, 0.5) is 0 Å². The SMILES string of the molecule is CC(C)(C)n1c(CO)nnc1C1C2CCCCC21. The van der Waals surface area contributed by atoms with Crippen LogP contribution < -0.4 is 0 Å². The lowest BCUT2D eigenvalue weighted by molar-refractivity contribution is 0.247. The minimum absolute atomic E-state index is 0.0215. The number of hydrogen-bond donors (Lipinski definition) is 1. The fraction of sp³-hybridized carbons (Fsp3) is 0.857. The van der Waals surface area contributed by atoms with Gasteiger partial charge >= 0.3 is 0 Å². The largest absolute Gasteiger partial charge is 0.388 e. The molecule has 1 heterocycles. The first-order chi connectivity index (χ1) is 8.54. The predicted octanol–water partition coefficient (Wildman–Crippen LogP) is 2.43. The van der Waals surface area contributed by atoms with E-state index in [4.69, 9.17) is 0 Å². The highest BCUT2D eigenvalue weighted by Gasteiger charge is 2.54. The highest BCUT2D eigenvalue weighted by molar-refractivity contribution is 5.19. The van der Waals surface area contributed by atoms with Crippen molar-refractivity contribution in [3.63, 3.8) is 0 Å². The van der Waals surface area contributed by atoms with Crippen LogP contribution in [-0.2, 0) is 12.1 Å². The van der Waals surface area contributed by atoms with E-state index < -0.39 is 0 Å². The Morgan fingerprint density at radius 2 is 1.78 bits per heavy atom. The van der Waals surface area contributed by atoms with Crippen LogP contribution in [0.1, 0.15) is 64.0 Å². The lowest BCUT2D eigenvalue weighted by atomic mass is 10.0. The molecule has 2 aliphatic carbocycles. The van der Waals surface area contributed by atoms with Crippen molar-refractivity contribution < 1.29 is 5.11 Å². The fourth-order valence-electron chi connectivity index (χ4n) is 3.75. The molecule has 0 aromatic carbocycles. The maximum Gasteiger partial charge on any atom is 0.159 e. The molecule has 0 spiro atoms. The summed E-state index contributed by atoms with van der Waals surface area (Å²) in [5.41, 5.74) is -0.0529. The Hall–Kier alpha value is -0.900. The van der Waals surface area contributed by atoms with E-state index in [2.05, 4.69) is 35.5 Å². The monoisotopic (exact) mass is 249 g/mol. The molecule has 4 nitrogen and oxygen atoms in total. The van der Waals surface area contributed by atoms with Crippen molar-refractivity contribution in [3.05, 3.63) is 11.6 Å². The Morgan fingerprint density at radius 3 is 2.28 bits per heavy atom. The topological polar surface area (TPSA) is 50.9 Å². The van der Waals surface area contributed by atoms with Crippen LogP contribution in [0.2, 0.25) is 0 Å². The maximum atomic E-state index is 9.43. The molecule has 0 aliphatic heterocycles. The molecule has 1 aromatic rings. The summed E-state index contributed by atoms with van der Waals surface area (Å²) in [6, 6.07) is 0. The van der Waals surface area contributed by atoms with E-state index in [1.165, 1.54) is 25.7 Å². The normalized spacial score (nSPS) is 31.2. The van der Waals surface area contributed by atoms with Gasteiger partial charge in [0.15, 0.2) is 5.82 Å². The van der Waals surface area contributed by atoms with Gasteiger partial charge in [0.1, 0.15) is 12.4 Å². The zero-order valence-electron chi connectivity index (χ0n) is 11.6. The van der Waals surface area contributed by atoms with Crippen LogP contribution in [0.3, 0.4) is 0 Å². The lowest BCUT2D eigenvalue weighted by Gasteiger charge is -2.24. The molecule has 2 aliphatic rings. The first-order valence-electron chi connectivity index (χ1n) is 7.09. The van der Waals surface area contributed by atoms with E-state index in [-0.39, 0.29) is 12.1 Å². The van der Waals surface area contributed by atoms with Crippen LogP contribution in [-0.4, -0.2) is 19.9 Å². The number of fused-ring (bicyclic) bond motifs is 1. The second kappa shape index (κ2) is 4.05. The van der Waals surface area contributed by atoms with E-state index in [1.807, 2.05) is 0 Å². The average molecular weight is 249 g/mol. The highest BCUT2D eigenvalue weighted by Crippen LogP contribution is 2.61. The number of aliphatic hydroxyl groups excluding tert-OH is 1. The van der Waals surface area contributed by atoms with E-state index in [9.17, 15) is 5.11 Å². The molecule has 4 heteroatoms. The molecule has 2 saturated carbocycles. The van der Waals surface area contributed by atoms with Crippen LogP contribution in [0.5, 0.6) is 0 Å². The third-order valence-electron chi connectivity index (χ3n) is 4.52. The summed E-state index contributed by atoms with van der Waals surface area (Å²) < 4.78 is 2.16. The molecule has 0 saturated heterocycles. The molecule has 3 rings (SSSR count). The van der Waals surface area contributed by atoms with Gasteiger partial charge in [-0.15, -0.1) is 10.2 Å². The van der Waals surface area contributed by atoms with Crippen molar-refractivity contribution in [1.29, 1.82) is 0 Å². The second-order valence-corrected chi connectivity index (χ2v) is 6.78. The van der Waals surface area contributed by atoms with Crippen molar-refractivity contribution in [2.24, 2.45) is 11.8 Å². The Bertz CT molecular complexity index is 434. The van der Waals surface area contributed by atoms with Gasteiger partial charge in [-0.25, -0.2) is 0 Å². The molecule has 0 radical (unpaired) electrons. The Kier molecular flexibility index (Phi) is 2.73. The van der Waals surface area contributed by atoms with Crippen molar-refractivity contribution >= 4 is 0 Å². The Labute approximate surface area is 108 Å². The number of rotatable bonds is 2. The van der Waals surface area contributed by atoms with E-state index >= 15 is 0 Å². The van der Waals surface area contributed by atoms with Crippen molar-refractivity contribution in [2.45, 2.75) is 64.5 Å². The smallest absolute Gasteiger partial charge is 0.159 e. The molecule has 18 heavy (non-hydrogen) atoms. The summed E-state index contributed by atoms with van der Waals surface area (Å²) in [7, 11) is 0. The minimum atomic E-state index is -0.0529. The molecular weight excluding hydrogens is 226 g/mol. The summed E-state index contributed by atoms with van der Waals surface area (Å²) in [5, 5.41) is 18.0. The summed E-state index contributed by atoms with van der Waals surface area (Å²) in [5.74, 6) is 4.08. The van der Waals surface area contributed by atoms with Crippen LogP contribution in [0, 0.1) is 11.8 Å². The van der Waals surface area contributed by atoms with Crippen LogP contribution >= 0.6 is 0 Å². The molecule has 1 aromatic heterocycles. The van der Waals surface area contributed by atoms with Crippen molar-refractivity contribution in [3.8, 4) is 0 Å². The minimum Gasteiger partial charge on any atom is -0.388 e. The fourth-order valence-corrected chi connectivity index (χ4v) is 3.75. The zero-order valence-corrected chi connectivity index (χ0v) is 11.6. The summed E-state index contributed by atoms with van der Waals surface area (Å²) in [6.45, 7) is 6.45. The number of aliphatic hydroxyl groups is 1. The lowest BCUT2D eigenvalue weighted by Crippen LogP contribution is -2.26. The molecule has 2 atom stereocenters. The number of hydrogen-bond acceptors (Lipinski definition) is 3. The molecule has 1 N–H and O–H groups in total. The van der Waals surface area contributed by atoms with Gasteiger partial charge < -0.3 is 9.67 Å². The predicted molar refractivity (Wildman–Crippen MR) is 69.1 cm³/mol. The number of aromatic nitrogens is 3. The summed E-state index contributed by atoms with van der Waals surface area (Å²) in [6.07, 6.45) is 5.43. The van der Waals surface area contributed by atoms with E-state index in [0.29, 0.717) is 11.7 Å². The van der Waals surface area contributed by atoms with E-state index in [0.717, 1.165) is 17.7 Å². The standard InChI is InChI=1S/C14H23N3O/c1-14(2,3)17-11(8-18)15-16-13(17)12-9-6-4-5-7-10(9)12/h9-10,12,18H,4-8H2,1-3H3. The molecule has 100 valence electrons. The molecular formula is C14H23N3O. The van der Waals surface area contributed by atoms with Gasteiger partial charge in [-0.3, -0.25) is 0 Å². The van der Waals surface area contributed by atoms with Gasteiger partial charge in [-0.05, 0) is 45.4 Å². The second-order valence-electron chi connectivity index (χ2n) is 6.78. The summed E-state index contributed by atoms with van der Waals surface area (Å²) >= 11 is 0. The van der Waals surface area contributed by atoms with Gasteiger partial charge in [-0.2, -0.15) is 0 Å². The quantitative estimate of drug-likeness (QED) is 0.875. The van der Waals surface area contributed by atoms with Gasteiger partial charge in [-0.1, -0.05) is 12.8 Å². The average Bonchev–Trinajstić information content (AvgIpc) is 2.88.